The molecule has 7 heteroatoms. The quantitative estimate of drug-likeness (QED) is 0.419. The number of aromatic carboxylic acids is 1. The fourth-order valence-electron chi connectivity index (χ4n) is 2.92. The number of amides is 1. The van der Waals surface area contributed by atoms with E-state index in [1.165, 1.54) is 17.2 Å². The van der Waals surface area contributed by atoms with Crippen LogP contribution in [0, 0.1) is 0 Å². The van der Waals surface area contributed by atoms with Crippen molar-refractivity contribution in [2.45, 2.75) is 6.54 Å². The number of carboxylic acids is 1. The first kappa shape index (κ1) is 21.6. The predicted molar refractivity (Wildman–Crippen MR) is 118 cm³/mol. The highest BCUT2D eigenvalue weighted by Gasteiger charge is 2.22. The van der Waals surface area contributed by atoms with Gasteiger partial charge in [0.1, 0.15) is 5.75 Å². The lowest BCUT2D eigenvalue weighted by Gasteiger charge is -2.24. The topological polar surface area (TPSA) is 88.4 Å². The maximum absolute atomic E-state index is 12.9. The van der Waals surface area contributed by atoms with Crippen molar-refractivity contribution < 1.29 is 24.3 Å². The Hall–Kier alpha value is -4.13. The van der Waals surface area contributed by atoms with Gasteiger partial charge in [0, 0.05) is 0 Å². The number of hydrogen-bond donors (Lipinski definition) is 1. The number of anilines is 1. The molecule has 3 aromatic rings. The third-order valence-electron chi connectivity index (χ3n) is 4.49. The number of oxime groups is 1. The second kappa shape index (κ2) is 10.6. The molecule has 158 valence electrons. The molecule has 0 spiro atoms. The normalized spacial score (nSPS) is 10.6. The molecule has 0 saturated heterocycles. The summed E-state index contributed by atoms with van der Waals surface area (Å²) in [5, 5.41) is 13.4. The number of methoxy groups -OCH3 is 1. The summed E-state index contributed by atoms with van der Waals surface area (Å²) < 4.78 is 5.10. The van der Waals surface area contributed by atoms with E-state index >= 15 is 0 Å². The molecule has 1 amide bonds. The van der Waals surface area contributed by atoms with Gasteiger partial charge >= 0.3 is 5.97 Å². The predicted octanol–water partition coefficient (Wildman–Crippen LogP) is 3.98. The van der Waals surface area contributed by atoms with E-state index in [1.54, 1.807) is 49.6 Å². The highest BCUT2D eigenvalue weighted by atomic mass is 16.6. The molecule has 3 rings (SSSR count). The summed E-state index contributed by atoms with van der Waals surface area (Å²) in [6, 6.07) is 22.9. The highest BCUT2D eigenvalue weighted by molar-refractivity contribution is 6.02. The van der Waals surface area contributed by atoms with Gasteiger partial charge in [0.2, 0.25) is 0 Å². The van der Waals surface area contributed by atoms with E-state index in [9.17, 15) is 14.7 Å². The van der Waals surface area contributed by atoms with Gasteiger partial charge in [-0.15, -0.1) is 0 Å². The zero-order chi connectivity index (χ0) is 22.1. The lowest BCUT2D eigenvalue weighted by atomic mass is 10.1. The molecule has 0 aliphatic rings. The third-order valence-corrected chi connectivity index (χ3v) is 4.49. The van der Waals surface area contributed by atoms with Crippen molar-refractivity contribution in [2.24, 2.45) is 5.16 Å². The molecule has 0 heterocycles. The minimum absolute atomic E-state index is 0.0357. The van der Waals surface area contributed by atoms with Gasteiger partial charge in [-0.1, -0.05) is 47.6 Å². The van der Waals surface area contributed by atoms with Crippen LogP contribution in [0.4, 0.5) is 5.69 Å². The SMILES string of the molecule is COc1ccc(C=NOCC(=O)N(Cc2ccccc2)c2ccccc2C(=O)O)cc1. The molecular formula is C24H22N2O5. The Balaban J connectivity index is 1.74. The molecule has 0 radical (unpaired) electrons. The van der Waals surface area contributed by atoms with Crippen LogP contribution in [0.1, 0.15) is 21.5 Å². The molecule has 1 N–H and O–H groups in total. The zero-order valence-corrected chi connectivity index (χ0v) is 17.0. The number of benzene rings is 3. The van der Waals surface area contributed by atoms with Gasteiger partial charge in [0.05, 0.1) is 31.1 Å². The molecule has 0 aliphatic carbocycles. The Bertz CT molecular complexity index is 1050. The third kappa shape index (κ3) is 5.93. The second-order valence-electron chi connectivity index (χ2n) is 6.57. The molecule has 0 aliphatic heterocycles. The Morgan fingerprint density at radius 1 is 0.968 bits per heavy atom. The number of para-hydroxylation sites is 1. The molecule has 0 bridgehead atoms. The zero-order valence-electron chi connectivity index (χ0n) is 17.0. The summed E-state index contributed by atoms with van der Waals surface area (Å²) in [6.45, 7) is -0.136. The number of nitrogens with zero attached hydrogens (tertiary/aromatic N) is 2. The largest absolute Gasteiger partial charge is 0.497 e. The summed E-state index contributed by atoms with van der Waals surface area (Å²) in [5.74, 6) is -0.800. The van der Waals surface area contributed by atoms with Gasteiger partial charge in [-0.3, -0.25) is 4.79 Å². The number of carbonyl (C=O) groups is 2. The Morgan fingerprint density at radius 3 is 2.32 bits per heavy atom. The molecule has 31 heavy (non-hydrogen) atoms. The van der Waals surface area contributed by atoms with Gasteiger partial charge in [-0.05, 0) is 47.5 Å². The fourth-order valence-corrected chi connectivity index (χ4v) is 2.92. The lowest BCUT2D eigenvalue weighted by Crippen LogP contribution is -2.34. The van der Waals surface area contributed by atoms with Crippen molar-refractivity contribution >= 4 is 23.8 Å². The van der Waals surface area contributed by atoms with Gasteiger partial charge in [0.15, 0.2) is 6.61 Å². The first-order chi connectivity index (χ1) is 15.1. The standard InChI is InChI=1S/C24H22N2O5/c1-30-20-13-11-18(12-14-20)15-25-31-17-23(27)26(16-19-7-3-2-4-8-19)22-10-6-5-9-21(22)24(28)29/h2-15H,16-17H2,1H3,(H,28,29). The molecular weight excluding hydrogens is 396 g/mol. The van der Waals surface area contributed by atoms with Crippen molar-refractivity contribution in [1.29, 1.82) is 0 Å². The van der Waals surface area contributed by atoms with E-state index in [4.69, 9.17) is 9.57 Å². The summed E-state index contributed by atoms with van der Waals surface area (Å²) in [4.78, 5) is 31.2. The maximum atomic E-state index is 12.9. The van der Waals surface area contributed by atoms with Gasteiger partial charge in [0.25, 0.3) is 5.91 Å². The van der Waals surface area contributed by atoms with Gasteiger partial charge < -0.3 is 19.6 Å². The smallest absolute Gasteiger partial charge is 0.337 e. The average Bonchev–Trinajstić information content (AvgIpc) is 2.81. The van der Waals surface area contributed by atoms with E-state index < -0.39 is 11.9 Å². The van der Waals surface area contributed by atoms with Crippen LogP contribution < -0.4 is 9.64 Å². The summed E-state index contributed by atoms with van der Waals surface area (Å²) >= 11 is 0. The molecule has 3 aromatic carbocycles. The lowest BCUT2D eigenvalue weighted by molar-refractivity contribution is -0.123. The van der Waals surface area contributed by atoms with E-state index in [-0.39, 0.29) is 18.7 Å². The molecule has 7 nitrogen and oxygen atoms in total. The van der Waals surface area contributed by atoms with Crippen LogP contribution in [-0.4, -0.2) is 36.9 Å². The maximum Gasteiger partial charge on any atom is 0.337 e. The number of rotatable bonds is 9. The van der Waals surface area contributed by atoms with Crippen molar-refractivity contribution in [3.8, 4) is 5.75 Å². The second-order valence-corrected chi connectivity index (χ2v) is 6.57. The van der Waals surface area contributed by atoms with Gasteiger partial charge in [-0.2, -0.15) is 0 Å². The van der Waals surface area contributed by atoms with Crippen molar-refractivity contribution in [3.63, 3.8) is 0 Å². The number of carboxylic acid groups (broad SMARTS) is 1. The van der Waals surface area contributed by atoms with E-state index in [1.807, 2.05) is 30.3 Å². The summed E-state index contributed by atoms with van der Waals surface area (Å²) in [7, 11) is 1.58. The summed E-state index contributed by atoms with van der Waals surface area (Å²) in [6.07, 6.45) is 1.49. The molecule has 0 fully saturated rings. The minimum Gasteiger partial charge on any atom is -0.497 e. The van der Waals surface area contributed by atoms with E-state index in [0.717, 1.165) is 16.9 Å². The first-order valence-corrected chi connectivity index (χ1v) is 9.54. The average molecular weight is 418 g/mol. The van der Waals surface area contributed by atoms with Crippen molar-refractivity contribution in [2.75, 3.05) is 18.6 Å². The van der Waals surface area contributed by atoms with E-state index in [0.29, 0.717) is 5.69 Å². The van der Waals surface area contributed by atoms with Crippen LogP contribution in [0.15, 0.2) is 84.0 Å². The number of ether oxygens (including phenoxy) is 1. The Labute approximate surface area is 180 Å². The van der Waals surface area contributed by atoms with Crippen LogP contribution in [0.25, 0.3) is 0 Å². The van der Waals surface area contributed by atoms with Crippen LogP contribution in [0.3, 0.4) is 0 Å². The van der Waals surface area contributed by atoms with Gasteiger partial charge in [-0.25, -0.2) is 4.79 Å². The minimum atomic E-state index is -1.11. The first-order valence-electron chi connectivity index (χ1n) is 9.54. The van der Waals surface area contributed by atoms with Crippen LogP contribution >= 0.6 is 0 Å². The molecule has 0 aromatic heterocycles. The summed E-state index contributed by atoms with van der Waals surface area (Å²) in [5.41, 5.74) is 1.98. The highest BCUT2D eigenvalue weighted by Crippen LogP contribution is 2.23. The monoisotopic (exact) mass is 418 g/mol. The van der Waals surface area contributed by atoms with Crippen LogP contribution in [0.2, 0.25) is 0 Å². The van der Waals surface area contributed by atoms with Crippen molar-refractivity contribution in [1.82, 2.24) is 0 Å². The van der Waals surface area contributed by atoms with Crippen LogP contribution in [0.5, 0.6) is 5.75 Å². The Kier molecular flexibility index (Phi) is 7.37. The molecule has 0 atom stereocenters. The molecule has 0 unspecified atom stereocenters. The fraction of sp³-hybridized carbons (Fsp3) is 0.125. The number of hydrogen-bond acceptors (Lipinski definition) is 5. The molecule has 0 saturated carbocycles. The van der Waals surface area contributed by atoms with Crippen molar-refractivity contribution in [3.05, 3.63) is 95.6 Å². The Morgan fingerprint density at radius 2 is 1.65 bits per heavy atom. The number of carbonyl (C=O) groups excluding carboxylic acids is 1. The van der Waals surface area contributed by atoms with Crippen LogP contribution in [-0.2, 0) is 16.2 Å². The van der Waals surface area contributed by atoms with E-state index in [2.05, 4.69) is 5.16 Å².